The third-order valence-electron chi connectivity index (χ3n) is 2.37. The summed E-state index contributed by atoms with van der Waals surface area (Å²) in [6.45, 7) is 0. The second-order valence-electron chi connectivity index (χ2n) is 3.60. The first-order chi connectivity index (χ1) is 9.02. The molecule has 1 aromatic heterocycles. The van der Waals surface area contributed by atoms with Crippen LogP contribution in [0.5, 0.6) is 0 Å². The molecule has 0 atom stereocenters. The fourth-order valence-corrected chi connectivity index (χ4v) is 2.92. The van der Waals surface area contributed by atoms with E-state index in [1.807, 2.05) is 0 Å². The number of oxime groups is 1. The van der Waals surface area contributed by atoms with E-state index in [0.29, 0.717) is 15.2 Å². The lowest BCUT2D eigenvalue weighted by molar-refractivity contribution is 0.318. The number of aromatic amines is 1. The molecule has 0 fully saturated rings. The van der Waals surface area contributed by atoms with Gasteiger partial charge in [-0.25, -0.2) is 9.89 Å². The maximum atomic E-state index is 11.2. The normalized spacial score (nSPS) is 11.8. The van der Waals surface area contributed by atoms with Crippen molar-refractivity contribution in [1.82, 2.24) is 14.8 Å². The van der Waals surface area contributed by atoms with E-state index in [4.69, 9.17) is 10.9 Å². The molecule has 7 nitrogen and oxygen atoms in total. The van der Waals surface area contributed by atoms with Crippen molar-refractivity contribution in [3.05, 3.63) is 38.7 Å². The number of halogens is 1. The van der Waals surface area contributed by atoms with E-state index in [9.17, 15) is 4.79 Å². The maximum Gasteiger partial charge on any atom is 0.343 e. The van der Waals surface area contributed by atoms with Crippen molar-refractivity contribution in [2.24, 2.45) is 17.9 Å². The molecule has 4 N–H and O–H groups in total. The lowest BCUT2D eigenvalue weighted by Crippen LogP contribution is -2.13. The quantitative estimate of drug-likeness (QED) is 0.335. The topological polar surface area (TPSA) is 109 Å². The van der Waals surface area contributed by atoms with Crippen molar-refractivity contribution >= 4 is 33.5 Å². The molecule has 0 aliphatic rings. The third-order valence-corrected chi connectivity index (χ3v) is 4.07. The Balaban J connectivity index is 2.31. The van der Waals surface area contributed by atoms with E-state index in [-0.39, 0.29) is 11.5 Å². The van der Waals surface area contributed by atoms with Crippen LogP contribution in [0.15, 0.2) is 42.7 Å². The van der Waals surface area contributed by atoms with Crippen LogP contribution in [-0.2, 0) is 7.05 Å². The van der Waals surface area contributed by atoms with Crippen LogP contribution in [0.4, 0.5) is 0 Å². The molecular formula is C10H10BrN5O2S. The maximum absolute atomic E-state index is 11.2. The number of rotatable bonds is 3. The molecule has 19 heavy (non-hydrogen) atoms. The number of nitrogens with one attached hydrogen (secondary N) is 1. The molecule has 0 amide bonds. The Bertz CT molecular complexity index is 693. The van der Waals surface area contributed by atoms with Crippen LogP contribution in [0.1, 0.15) is 5.56 Å². The Hall–Kier alpha value is -1.74. The summed E-state index contributed by atoms with van der Waals surface area (Å²) in [5, 5.41) is 18.4. The summed E-state index contributed by atoms with van der Waals surface area (Å²) in [6, 6.07) is 5.31. The van der Waals surface area contributed by atoms with Gasteiger partial charge in [0.15, 0.2) is 11.0 Å². The number of nitrogens with two attached hydrogens (primary N) is 1. The molecule has 2 rings (SSSR count). The van der Waals surface area contributed by atoms with E-state index in [1.54, 1.807) is 25.2 Å². The smallest absolute Gasteiger partial charge is 0.343 e. The fourth-order valence-electron chi connectivity index (χ4n) is 1.35. The lowest BCUT2D eigenvalue weighted by Gasteiger charge is -2.05. The Kier molecular flexibility index (Phi) is 3.96. The average molecular weight is 344 g/mol. The van der Waals surface area contributed by atoms with Crippen LogP contribution in [0, 0.1) is 0 Å². The van der Waals surface area contributed by atoms with Crippen LogP contribution in [0.2, 0.25) is 0 Å². The van der Waals surface area contributed by atoms with Crippen molar-refractivity contribution in [3.8, 4) is 0 Å². The van der Waals surface area contributed by atoms with Gasteiger partial charge in [-0.2, -0.15) is 0 Å². The number of benzene rings is 1. The molecule has 0 unspecified atom stereocenters. The monoisotopic (exact) mass is 343 g/mol. The van der Waals surface area contributed by atoms with Gasteiger partial charge in [-0.1, -0.05) is 5.16 Å². The van der Waals surface area contributed by atoms with Crippen molar-refractivity contribution in [1.29, 1.82) is 0 Å². The van der Waals surface area contributed by atoms with E-state index in [2.05, 4.69) is 31.3 Å². The Morgan fingerprint density at radius 2 is 2.37 bits per heavy atom. The van der Waals surface area contributed by atoms with Crippen molar-refractivity contribution in [2.75, 3.05) is 0 Å². The number of nitrogens with zero attached hydrogens (tertiary/aromatic N) is 3. The van der Waals surface area contributed by atoms with Gasteiger partial charge in [0.1, 0.15) is 0 Å². The minimum Gasteiger partial charge on any atom is -0.409 e. The molecular weight excluding hydrogens is 334 g/mol. The zero-order chi connectivity index (χ0) is 14.0. The molecule has 2 aromatic rings. The summed E-state index contributed by atoms with van der Waals surface area (Å²) >= 11 is 4.67. The van der Waals surface area contributed by atoms with Crippen LogP contribution in [0.25, 0.3) is 0 Å². The number of hydrogen-bond donors (Lipinski definition) is 3. The Morgan fingerprint density at radius 3 is 2.89 bits per heavy atom. The summed E-state index contributed by atoms with van der Waals surface area (Å²) in [5.74, 6) is 0.0237. The SMILES string of the molecule is Cn1c(Sc2ccc(/C(N)=N/O)c(Br)c2)n[nH]c1=O. The van der Waals surface area contributed by atoms with E-state index >= 15 is 0 Å². The molecule has 0 radical (unpaired) electrons. The molecule has 1 heterocycles. The Labute approximate surface area is 120 Å². The lowest BCUT2D eigenvalue weighted by atomic mass is 10.2. The highest BCUT2D eigenvalue weighted by Gasteiger charge is 2.10. The van der Waals surface area contributed by atoms with Gasteiger partial charge >= 0.3 is 5.69 Å². The average Bonchev–Trinajstić information content (AvgIpc) is 2.70. The van der Waals surface area contributed by atoms with Gasteiger partial charge in [0.2, 0.25) is 0 Å². The van der Waals surface area contributed by atoms with Gasteiger partial charge in [-0.3, -0.25) is 4.57 Å². The highest BCUT2D eigenvalue weighted by Crippen LogP contribution is 2.29. The van der Waals surface area contributed by atoms with E-state index < -0.39 is 0 Å². The number of amidine groups is 1. The molecule has 0 saturated carbocycles. The van der Waals surface area contributed by atoms with Crippen LogP contribution in [0.3, 0.4) is 0 Å². The first-order valence-corrected chi connectivity index (χ1v) is 6.70. The number of aromatic nitrogens is 3. The highest BCUT2D eigenvalue weighted by molar-refractivity contribution is 9.10. The van der Waals surface area contributed by atoms with Crippen LogP contribution < -0.4 is 11.4 Å². The van der Waals surface area contributed by atoms with Crippen molar-refractivity contribution in [2.45, 2.75) is 10.1 Å². The summed E-state index contributed by atoms with van der Waals surface area (Å²) in [6.07, 6.45) is 0. The molecule has 0 saturated heterocycles. The molecule has 0 aliphatic heterocycles. The highest BCUT2D eigenvalue weighted by atomic mass is 79.9. The number of H-pyrrole nitrogens is 1. The van der Waals surface area contributed by atoms with Crippen molar-refractivity contribution in [3.63, 3.8) is 0 Å². The second-order valence-corrected chi connectivity index (χ2v) is 5.49. The minimum absolute atomic E-state index is 0.0237. The zero-order valence-corrected chi connectivity index (χ0v) is 12.2. The van der Waals surface area contributed by atoms with Gasteiger partial charge in [0.05, 0.1) is 0 Å². The Morgan fingerprint density at radius 1 is 1.63 bits per heavy atom. The molecule has 0 spiro atoms. The van der Waals surface area contributed by atoms with Gasteiger partial charge in [0, 0.05) is 22.0 Å². The standard InChI is InChI=1S/C10H10BrN5O2S/c1-16-9(17)13-14-10(16)19-5-2-3-6(7(11)4-5)8(12)15-18/h2-4,18H,1H3,(H2,12,15)(H,13,17). The molecule has 100 valence electrons. The predicted octanol–water partition coefficient (Wildman–Crippen LogP) is 1.12. The zero-order valence-electron chi connectivity index (χ0n) is 9.79. The third kappa shape index (κ3) is 2.82. The van der Waals surface area contributed by atoms with Gasteiger partial charge in [0.25, 0.3) is 0 Å². The van der Waals surface area contributed by atoms with Crippen LogP contribution >= 0.6 is 27.7 Å². The van der Waals surface area contributed by atoms with E-state index in [0.717, 1.165) is 4.90 Å². The second kappa shape index (κ2) is 5.49. The summed E-state index contributed by atoms with van der Waals surface area (Å²) in [4.78, 5) is 12.1. The fraction of sp³-hybridized carbons (Fsp3) is 0.100. The van der Waals surface area contributed by atoms with E-state index in [1.165, 1.54) is 16.3 Å². The summed E-state index contributed by atoms with van der Waals surface area (Å²) in [7, 11) is 1.63. The first-order valence-electron chi connectivity index (χ1n) is 5.09. The number of hydrogen-bond acceptors (Lipinski definition) is 5. The molecule has 1 aromatic carbocycles. The molecule has 0 aliphatic carbocycles. The first kappa shape index (κ1) is 13.7. The molecule has 0 bridgehead atoms. The van der Waals surface area contributed by atoms with Gasteiger partial charge < -0.3 is 10.9 Å². The largest absolute Gasteiger partial charge is 0.409 e. The van der Waals surface area contributed by atoms with Crippen molar-refractivity contribution < 1.29 is 5.21 Å². The minimum atomic E-state index is -0.269. The van der Waals surface area contributed by atoms with Gasteiger partial charge in [-0.05, 0) is 45.9 Å². The predicted molar refractivity (Wildman–Crippen MR) is 74.6 cm³/mol. The van der Waals surface area contributed by atoms with Crippen LogP contribution in [-0.4, -0.2) is 25.8 Å². The summed E-state index contributed by atoms with van der Waals surface area (Å²) < 4.78 is 2.10. The van der Waals surface area contributed by atoms with Gasteiger partial charge in [-0.15, -0.1) is 5.10 Å². The molecule has 9 heteroatoms. The summed E-state index contributed by atoms with van der Waals surface area (Å²) in [5.41, 5.74) is 5.84.